The number of hydrogen-bond donors (Lipinski definition) is 1. The third-order valence-corrected chi connectivity index (χ3v) is 9.45. The number of rotatable bonds is 7. The smallest absolute Gasteiger partial charge is 0.155 e. The Hall–Kier alpha value is -1.71. The highest BCUT2D eigenvalue weighted by atomic mass is 32.2. The number of likely N-dealkylation sites (tertiary alicyclic amines) is 1. The van der Waals surface area contributed by atoms with E-state index in [9.17, 15) is 8.42 Å². The predicted molar refractivity (Wildman–Crippen MR) is 112 cm³/mol. The van der Waals surface area contributed by atoms with Crippen molar-refractivity contribution in [2.75, 3.05) is 37.9 Å². The molecule has 2 saturated carbocycles. The monoisotopic (exact) mass is 419 g/mol. The lowest BCUT2D eigenvalue weighted by Gasteiger charge is -2.50. The summed E-state index contributed by atoms with van der Waals surface area (Å²) in [5.41, 5.74) is 0.832. The molecule has 9 heteroatoms. The molecule has 8 nitrogen and oxygen atoms in total. The van der Waals surface area contributed by atoms with Crippen molar-refractivity contribution in [3.05, 3.63) is 18.6 Å². The fourth-order valence-corrected chi connectivity index (χ4v) is 6.99. The van der Waals surface area contributed by atoms with E-state index >= 15 is 0 Å². The number of aromatic nitrogens is 3. The van der Waals surface area contributed by atoms with Crippen LogP contribution in [0.1, 0.15) is 25.7 Å². The first kappa shape index (κ1) is 19.3. The van der Waals surface area contributed by atoms with E-state index in [0.29, 0.717) is 37.0 Å². The number of fused-ring (bicyclic) bond motifs is 1. The van der Waals surface area contributed by atoms with Crippen LogP contribution >= 0.6 is 0 Å². The van der Waals surface area contributed by atoms with E-state index in [1.165, 1.54) is 0 Å². The molecule has 0 aromatic carbocycles. The van der Waals surface area contributed by atoms with Gasteiger partial charge >= 0.3 is 0 Å². The van der Waals surface area contributed by atoms with E-state index in [1.807, 2.05) is 19.3 Å². The quantitative estimate of drug-likeness (QED) is 0.726. The number of hydrogen-bond acceptors (Lipinski definition) is 7. The molecule has 2 aromatic heterocycles. The van der Waals surface area contributed by atoms with Crippen LogP contribution < -0.4 is 4.90 Å². The second kappa shape index (κ2) is 7.21. The highest BCUT2D eigenvalue weighted by Gasteiger charge is 2.46. The van der Waals surface area contributed by atoms with Crippen molar-refractivity contribution >= 4 is 26.7 Å². The number of H-pyrrole nitrogens is 1. The first-order chi connectivity index (χ1) is 13.9. The van der Waals surface area contributed by atoms with Gasteiger partial charge in [-0.2, -0.15) is 0 Å². The van der Waals surface area contributed by atoms with Crippen LogP contribution in [-0.4, -0.2) is 84.7 Å². The molecule has 1 N–H and O–H groups in total. The molecular weight excluding hydrogens is 390 g/mol. The van der Waals surface area contributed by atoms with Gasteiger partial charge in [-0.3, -0.25) is 4.90 Å². The van der Waals surface area contributed by atoms with Crippen LogP contribution in [0.25, 0.3) is 11.0 Å². The molecular formula is C20H29N5O3S. The summed E-state index contributed by atoms with van der Waals surface area (Å²) in [6, 6.07) is 2.84. The molecule has 0 atom stereocenters. The standard InChI is InChI=1S/C20H29N5O3S/c1-24(20-18-3-4-21-19(18)22-12-23-20)14-5-13(6-14)11-29(26,27)17-9-25(10-17)15-7-16(8-15)28-2/h3-4,12-17H,5-11H2,1-2H3,(H,21,22,23)/t13-,14-,15?,16?. The van der Waals surface area contributed by atoms with Gasteiger partial charge in [-0.05, 0) is 37.7 Å². The highest BCUT2D eigenvalue weighted by Crippen LogP contribution is 2.38. The Bertz CT molecular complexity index is 975. The molecule has 3 aliphatic rings. The van der Waals surface area contributed by atoms with Gasteiger partial charge in [-0.1, -0.05) is 0 Å². The molecule has 3 heterocycles. The van der Waals surface area contributed by atoms with E-state index in [0.717, 1.165) is 42.5 Å². The topological polar surface area (TPSA) is 91.4 Å². The van der Waals surface area contributed by atoms with Gasteiger partial charge in [0.25, 0.3) is 0 Å². The summed E-state index contributed by atoms with van der Waals surface area (Å²) >= 11 is 0. The molecule has 0 radical (unpaired) electrons. The van der Waals surface area contributed by atoms with E-state index in [2.05, 4.69) is 24.8 Å². The zero-order valence-electron chi connectivity index (χ0n) is 17.0. The first-order valence-corrected chi connectivity index (χ1v) is 12.2. The maximum Gasteiger partial charge on any atom is 0.155 e. The molecule has 158 valence electrons. The summed E-state index contributed by atoms with van der Waals surface area (Å²) in [6.45, 7) is 1.40. The van der Waals surface area contributed by atoms with Gasteiger partial charge in [0.15, 0.2) is 9.84 Å². The van der Waals surface area contributed by atoms with Gasteiger partial charge in [-0.15, -0.1) is 0 Å². The molecule has 2 aliphatic carbocycles. The van der Waals surface area contributed by atoms with Gasteiger partial charge in [0.05, 0.1) is 22.5 Å². The highest BCUT2D eigenvalue weighted by molar-refractivity contribution is 7.92. The van der Waals surface area contributed by atoms with Crippen LogP contribution in [0.4, 0.5) is 5.82 Å². The lowest BCUT2D eigenvalue weighted by Crippen LogP contribution is -2.63. The minimum Gasteiger partial charge on any atom is -0.381 e. The van der Waals surface area contributed by atoms with Crippen LogP contribution in [0.5, 0.6) is 0 Å². The minimum atomic E-state index is -3.01. The van der Waals surface area contributed by atoms with Gasteiger partial charge in [0.1, 0.15) is 17.8 Å². The number of methoxy groups -OCH3 is 1. The lowest BCUT2D eigenvalue weighted by atomic mass is 9.81. The number of anilines is 1. The Kier molecular flexibility index (Phi) is 4.79. The molecule has 1 saturated heterocycles. The average Bonchev–Trinajstić information content (AvgIpc) is 3.06. The number of nitrogens with one attached hydrogen (secondary N) is 1. The third-order valence-electron chi connectivity index (χ3n) is 7.20. The SMILES string of the molecule is COC1CC(N2CC(S(=O)(=O)C[C@H]3C[C@H](N(C)c4ncnc5[nH]ccc45)C3)C2)C1. The van der Waals surface area contributed by atoms with E-state index in [4.69, 9.17) is 4.74 Å². The Morgan fingerprint density at radius 3 is 2.72 bits per heavy atom. The second-order valence-electron chi connectivity index (χ2n) is 8.93. The van der Waals surface area contributed by atoms with Crippen molar-refractivity contribution in [2.45, 2.75) is 49.1 Å². The number of nitrogens with zero attached hydrogens (tertiary/aromatic N) is 4. The van der Waals surface area contributed by atoms with Crippen molar-refractivity contribution in [1.82, 2.24) is 19.9 Å². The summed E-state index contributed by atoms with van der Waals surface area (Å²) in [7, 11) is 0.776. The molecule has 5 rings (SSSR count). The second-order valence-corrected chi connectivity index (χ2v) is 11.3. The maximum atomic E-state index is 12.8. The Balaban J connectivity index is 1.12. The van der Waals surface area contributed by atoms with Crippen LogP contribution in [0, 0.1) is 5.92 Å². The van der Waals surface area contributed by atoms with Crippen molar-refractivity contribution in [3.63, 3.8) is 0 Å². The lowest BCUT2D eigenvalue weighted by molar-refractivity contribution is -0.0445. The Labute approximate surface area is 171 Å². The summed E-state index contributed by atoms with van der Waals surface area (Å²) in [5.74, 6) is 1.49. The van der Waals surface area contributed by atoms with E-state index in [1.54, 1.807) is 13.4 Å². The van der Waals surface area contributed by atoms with Crippen LogP contribution in [0.2, 0.25) is 0 Å². The van der Waals surface area contributed by atoms with Gasteiger partial charge < -0.3 is 14.6 Å². The third kappa shape index (κ3) is 3.43. The molecule has 0 bridgehead atoms. The molecule has 0 unspecified atom stereocenters. The Morgan fingerprint density at radius 2 is 2.00 bits per heavy atom. The normalized spacial score (nSPS) is 30.6. The number of ether oxygens (including phenoxy) is 1. The van der Waals surface area contributed by atoms with Crippen molar-refractivity contribution in [1.29, 1.82) is 0 Å². The summed E-state index contributed by atoms with van der Waals surface area (Å²) in [6.07, 6.45) is 7.69. The van der Waals surface area contributed by atoms with E-state index in [-0.39, 0.29) is 11.2 Å². The molecule has 0 spiro atoms. The van der Waals surface area contributed by atoms with Crippen LogP contribution in [0.15, 0.2) is 18.6 Å². The van der Waals surface area contributed by atoms with E-state index < -0.39 is 9.84 Å². The number of aromatic amines is 1. The van der Waals surface area contributed by atoms with Crippen molar-refractivity contribution in [2.24, 2.45) is 5.92 Å². The van der Waals surface area contributed by atoms with Gasteiger partial charge in [0, 0.05) is 45.5 Å². The number of sulfone groups is 1. The fourth-order valence-electron chi connectivity index (χ4n) is 4.95. The summed E-state index contributed by atoms with van der Waals surface area (Å²) in [5, 5.41) is 0.828. The Morgan fingerprint density at radius 1 is 1.24 bits per heavy atom. The van der Waals surface area contributed by atoms with Crippen LogP contribution in [-0.2, 0) is 14.6 Å². The van der Waals surface area contributed by atoms with Crippen molar-refractivity contribution in [3.8, 4) is 0 Å². The van der Waals surface area contributed by atoms with Crippen LogP contribution in [0.3, 0.4) is 0 Å². The van der Waals surface area contributed by atoms with Gasteiger partial charge in [0.2, 0.25) is 0 Å². The molecule has 3 fully saturated rings. The summed E-state index contributed by atoms with van der Waals surface area (Å²) < 4.78 is 30.9. The zero-order chi connectivity index (χ0) is 20.2. The predicted octanol–water partition coefficient (Wildman–Crippen LogP) is 1.45. The van der Waals surface area contributed by atoms with Crippen molar-refractivity contribution < 1.29 is 13.2 Å². The first-order valence-electron chi connectivity index (χ1n) is 10.4. The summed E-state index contributed by atoms with van der Waals surface area (Å²) in [4.78, 5) is 16.3. The minimum absolute atomic E-state index is 0.179. The van der Waals surface area contributed by atoms with Gasteiger partial charge in [-0.25, -0.2) is 18.4 Å². The average molecular weight is 420 g/mol. The largest absolute Gasteiger partial charge is 0.381 e. The molecule has 2 aromatic rings. The molecule has 0 amide bonds. The zero-order valence-corrected chi connectivity index (χ0v) is 17.8. The molecule has 29 heavy (non-hydrogen) atoms. The fraction of sp³-hybridized carbons (Fsp3) is 0.700. The molecule has 1 aliphatic heterocycles. The maximum absolute atomic E-state index is 12.8.